The zero-order valence-corrected chi connectivity index (χ0v) is 16.1. The topological polar surface area (TPSA) is 59.9 Å². The van der Waals surface area contributed by atoms with Crippen molar-refractivity contribution in [3.05, 3.63) is 42.4 Å². The highest BCUT2D eigenvalue weighted by Gasteiger charge is 2.33. The van der Waals surface area contributed by atoms with Crippen LogP contribution in [0.25, 0.3) is 10.2 Å². The Kier molecular flexibility index (Phi) is 4.66. The molecule has 0 atom stereocenters. The predicted octanol–water partition coefficient (Wildman–Crippen LogP) is 5.16. The average Bonchev–Trinajstić information content (AvgIpc) is 3.10. The molecule has 3 aromatic rings. The summed E-state index contributed by atoms with van der Waals surface area (Å²) in [6, 6.07) is 8.69. The van der Waals surface area contributed by atoms with Crippen LogP contribution in [-0.4, -0.2) is 27.1 Å². The molecular formula is C21H24N4OS. The summed E-state index contributed by atoms with van der Waals surface area (Å²) in [4.78, 5) is 13.8. The third-order valence-electron chi connectivity index (χ3n) is 5.68. The fourth-order valence-corrected chi connectivity index (χ4v) is 5.07. The van der Waals surface area contributed by atoms with Gasteiger partial charge in [-0.2, -0.15) is 0 Å². The van der Waals surface area contributed by atoms with Crippen molar-refractivity contribution >= 4 is 26.7 Å². The van der Waals surface area contributed by atoms with E-state index in [4.69, 9.17) is 4.74 Å². The van der Waals surface area contributed by atoms with E-state index < -0.39 is 0 Å². The van der Waals surface area contributed by atoms with Gasteiger partial charge in [-0.1, -0.05) is 42.7 Å². The van der Waals surface area contributed by atoms with Crippen molar-refractivity contribution in [3.63, 3.8) is 0 Å². The summed E-state index contributed by atoms with van der Waals surface area (Å²) in [5.74, 6) is 1.27. The highest BCUT2D eigenvalue weighted by molar-refractivity contribution is 7.22. The number of nitrogens with zero attached hydrogens (tertiary/aromatic N) is 3. The van der Waals surface area contributed by atoms with Crippen LogP contribution in [0.4, 0.5) is 5.13 Å². The predicted molar refractivity (Wildman–Crippen MR) is 109 cm³/mol. The van der Waals surface area contributed by atoms with E-state index in [1.54, 1.807) is 23.7 Å². The third kappa shape index (κ3) is 3.63. The number of aromatic nitrogens is 3. The minimum atomic E-state index is 0.218. The summed E-state index contributed by atoms with van der Waals surface area (Å²) in [5, 5.41) is 4.55. The van der Waals surface area contributed by atoms with Gasteiger partial charge in [0, 0.05) is 37.2 Å². The molecule has 1 N–H and O–H groups in total. The van der Waals surface area contributed by atoms with Crippen LogP contribution in [0.5, 0.6) is 5.88 Å². The molecule has 6 heteroatoms. The Morgan fingerprint density at radius 3 is 2.67 bits per heavy atom. The van der Waals surface area contributed by atoms with E-state index in [1.807, 2.05) is 6.07 Å². The largest absolute Gasteiger partial charge is 0.473 e. The van der Waals surface area contributed by atoms with Crippen LogP contribution in [0.3, 0.4) is 0 Å². The fraction of sp³-hybridized carbons (Fsp3) is 0.476. The van der Waals surface area contributed by atoms with Crippen LogP contribution >= 0.6 is 11.3 Å². The number of fused-ring (bicyclic) bond motifs is 1. The average molecular weight is 381 g/mol. The lowest BCUT2D eigenvalue weighted by Gasteiger charge is -2.36. The van der Waals surface area contributed by atoms with Gasteiger partial charge in [-0.25, -0.2) is 9.97 Å². The number of ether oxygens (including phenoxy) is 1. The molecule has 2 aromatic heterocycles. The molecule has 2 aliphatic carbocycles. The molecule has 0 spiro atoms. The first-order valence-electron chi connectivity index (χ1n) is 9.95. The summed E-state index contributed by atoms with van der Waals surface area (Å²) in [7, 11) is 0. The van der Waals surface area contributed by atoms with E-state index in [0.29, 0.717) is 12.0 Å². The zero-order chi connectivity index (χ0) is 18.1. The number of anilines is 1. The normalized spacial score (nSPS) is 23.1. The monoisotopic (exact) mass is 380 g/mol. The van der Waals surface area contributed by atoms with Crippen molar-refractivity contribution in [2.24, 2.45) is 0 Å². The van der Waals surface area contributed by atoms with Crippen molar-refractivity contribution in [3.8, 4) is 5.88 Å². The minimum Gasteiger partial charge on any atom is -0.473 e. The second kappa shape index (κ2) is 7.43. The molecule has 27 heavy (non-hydrogen) atoms. The molecule has 2 aliphatic rings. The number of hydrogen-bond donors (Lipinski definition) is 1. The molecule has 0 unspecified atom stereocenters. The molecule has 1 aromatic carbocycles. The van der Waals surface area contributed by atoms with Crippen LogP contribution in [-0.2, 0) is 0 Å². The quantitative estimate of drug-likeness (QED) is 0.663. The number of rotatable bonds is 5. The maximum atomic E-state index is 6.23. The van der Waals surface area contributed by atoms with Crippen LogP contribution in [0.1, 0.15) is 56.6 Å². The van der Waals surface area contributed by atoms with Crippen LogP contribution in [0, 0.1) is 0 Å². The molecule has 0 radical (unpaired) electrons. The van der Waals surface area contributed by atoms with E-state index in [0.717, 1.165) is 35.1 Å². The Balaban J connectivity index is 1.19. The molecule has 0 aliphatic heterocycles. The molecule has 2 heterocycles. The van der Waals surface area contributed by atoms with Gasteiger partial charge in [0.15, 0.2) is 5.13 Å². The molecule has 0 bridgehead atoms. The molecule has 5 rings (SSSR count). The Bertz CT molecular complexity index is 882. The maximum Gasteiger partial charge on any atom is 0.236 e. The maximum absolute atomic E-state index is 6.23. The number of benzene rings is 1. The summed E-state index contributed by atoms with van der Waals surface area (Å²) in [6.45, 7) is 0. The second-order valence-electron chi connectivity index (χ2n) is 7.62. The van der Waals surface area contributed by atoms with E-state index in [9.17, 15) is 0 Å². The van der Waals surface area contributed by atoms with Gasteiger partial charge < -0.3 is 10.1 Å². The fourth-order valence-electron chi connectivity index (χ4n) is 4.13. The van der Waals surface area contributed by atoms with Crippen molar-refractivity contribution in [2.75, 3.05) is 5.32 Å². The SMILES string of the molecule is c1ccc2sc(N[C@H]3C[C@@H](Oc4nccnc4C4CCCCC4)C3)nc2c1. The third-order valence-corrected chi connectivity index (χ3v) is 6.65. The van der Waals surface area contributed by atoms with Crippen molar-refractivity contribution < 1.29 is 4.74 Å². The van der Waals surface area contributed by atoms with Gasteiger partial charge in [-0.05, 0) is 25.0 Å². The standard InChI is InChI=1S/C21H24N4OS/c1-2-6-14(7-3-1)19-20(23-11-10-22-19)26-16-12-15(13-16)24-21-25-17-8-4-5-9-18(17)27-21/h4-5,8-11,14-16H,1-3,6-7,12-13H2,(H,24,25)/t15-,16+. The molecule has 2 fully saturated rings. The van der Waals surface area contributed by atoms with Gasteiger partial charge in [-0.15, -0.1) is 0 Å². The molecule has 0 amide bonds. The Hall–Kier alpha value is -2.21. The highest BCUT2D eigenvalue weighted by Crippen LogP contribution is 2.37. The minimum absolute atomic E-state index is 0.218. The lowest BCUT2D eigenvalue weighted by molar-refractivity contribution is 0.0997. The first kappa shape index (κ1) is 16.9. The van der Waals surface area contributed by atoms with Crippen molar-refractivity contribution in [1.82, 2.24) is 15.0 Å². The van der Waals surface area contributed by atoms with Gasteiger partial charge in [-0.3, -0.25) is 4.98 Å². The smallest absolute Gasteiger partial charge is 0.236 e. The van der Waals surface area contributed by atoms with Gasteiger partial charge in [0.1, 0.15) is 11.8 Å². The summed E-state index contributed by atoms with van der Waals surface area (Å²) in [6.07, 6.45) is 12.1. The van der Waals surface area contributed by atoms with Gasteiger partial charge in [0.05, 0.1) is 10.2 Å². The number of para-hydroxylation sites is 1. The number of hydrogen-bond acceptors (Lipinski definition) is 6. The number of thiazole rings is 1. The molecule has 140 valence electrons. The van der Waals surface area contributed by atoms with Crippen molar-refractivity contribution in [2.45, 2.75) is 63.0 Å². The Labute approximate surface area is 163 Å². The molecule has 0 saturated heterocycles. The van der Waals surface area contributed by atoms with E-state index >= 15 is 0 Å². The molecule has 5 nitrogen and oxygen atoms in total. The van der Waals surface area contributed by atoms with Crippen molar-refractivity contribution in [1.29, 1.82) is 0 Å². The van der Waals surface area contributed by atoms with Gasteiger partial charge in [0.2, 0.25) is 5.88 Å². The first-order chi connectivity index (χ1) is 13.3. The second-order valence-corrected chi connectivity index (χ2v) is 8.65. The Morgan fingerprint density at radius 1 is 1.00 bits per heavy atom. The highest BCUT2D eigenvalue weighted by atomic mass is 32.1. The lowest BCUT2D eigenvalue weighted by Crippen LogP contribution is -2.42. The van der Waals surface area contributed by atoms with Gasteiger partial charge >= 0.3 is 0 Å². The molecular weight excluding hydrogens is 356 g/mol. The molecule has 2 saturated carbocycles. The lowest BCUT2D eigenvalue weighted by atomic mass is 9.86. The first-order valence-corrected chi connectivity index (χ1v) is 10.8. The summed E-state index contributed by atoms with van der Waals surface area (Å²) in [5.41, 5.74) is 2.13. The summed E-state index contributed by atoms with van der Waals surface area (Å²) < 4.78 is 7.46. The van der Waals surface area contributed by atoms with E-state index in [2.05, 4.69) is 38.5 Å². The van der Waals surface area contributed by atoms with E-state index in [-0.39, 0.29) is 6.10 Å². The Morgan fingerprint density at radius 2 is 1.81 bits per heavy atom. The van der Waals surface area contributed by atoms with Crippen LogP contribution in [0.2, 0.25) is 0 Å². The summed E-state index contributed by atoms with van der Waals surface area (Å²) >= 11 is 1.72. The number of nitrogens with one attached hydrogen (secondary N) is 1. The zero-order valence-electron chi connectivity index (χ0n) is 15.3. The van der Waals surface area contributed by atoms with Crippen LogP contribution in [0.15, 0.2) is 36.7 Å². The van der Waals surface area contributed by atoms with Crippen LogP contribution < -0.4 is 10.1 Å². The van der Waals surface area contributed by atoms with Gasteiger partial charge in [0.25, 0.3) is 0 Å². The van der Waals surface area contributed by atoms with E-state index in [1.165, 1.54) is 36.8 Å².